The van der Waals surface area contributed by atoms with E-state index in [9.17, 15) is 0 Å². The average molecular weight is 249 g/mol. The number of aromatic amines is 1. The molecule has 4 N–H and O–H groups in total. The van der Waals surface area contributed by atoms with Crippen LogP contribution in [-0.4, -0.2) is 33.3 Å². The molecule has 98 valence electrons. The smallest absolute Gasteiger partial charge is 0.241 e. The molecule has 1 unspecified atom stereocenters. The molecule has 0 aliphatic carbocycles. The highest BCUT2D eigenvalue weighted by Crippen LogP contribution is 2.24. The summed E-state index contributed by atoms with van der Waals surface area (Å²) in [6.07, 6.45) is 3.97. The van der Waals surface area contributed by atoms with Crippen molar-refractivity contribution in [2.75, 3.05) is 17.4 Å². The molecule has 7 nitrogen and oxygen atoms in total. The summed E-state index contributed by atoms with van der Waals surface area (Å²) in [5.74, 6) is 6.61. The maximum absolute atomic E-state index is 5.39. The van der Waals surface area contributed by atoms with Crippen molar-refractivity contribution in [1.29, 1.82) is 0 Å². The van der Waals surface area contributed by atoms with Crippen LogP contribution in [0, 0.1) is 0 Å². The lowest BCUT2D eigenvalue weighted by molar-refractivity contribution is 0.612. The molecular formula is C11H19N7. The molecule has 0 amide bonds. The van der Waals surface area contributed by atoms with E-state index in [1.165, 1.54) is 0 Å². The Morgan fingerprint density at radius 1 is 1.50 bits per heavy atom. The molecule has 1 atom stereocenters. The summed E-state index contributed by atoms with van der Waals surface area (Å²) in [4.78, 5) is 10.8. The van der Waals surface area contributed by atoms with Crippen LogP contribution in [0.25, 0.3) is 11.0 Å². The molecule has 0 saturated carbocycles. The number of nitrogens with one attached hydrogen (secondary N) is 2. The maximum atomic E-state index is 5.39. The first-order valence-corrected chi connectivity index (χ1v) is 6.08. The Hall–Kier alpha value is -1.89. The molecular weight excluding hydrogens is 230 g/mol. The van der Waals surface area contributed by atoms with E-state index in [2.05, 4.69) is 44.3 Å². The molecule has 0 spiro atoms. The predicted octanol–water partition coefficient (Wildman–Crippen LogP) is 1.26. The Labute approximate surface area is 106 Å². The van der Waals surface area contributed by atoms with Crippen LogP contribution in [-0.2, 0) is 0 Å². The zero-order valence-electron chi connectivity index (χ0n) is 10.9. The Morgan fingerprint density at radius 3 is 2.94 bits per heavy atom. The van der Waals surface area contributed by atoms with Gasteiger partial charge in [0, 0.05) is 13.1 Å². The van der Waals surface area contributed by atoms with Gasteiger partial charge in [-0.15, -0.1) is 0 Å². The number of hydrogen-bond acceptors (Lipinski definition) is 6. The van der Waals surface area contributed by atoms with Crippen molar-refractivity contribution in [2.24, 2.45) is 5.84 Å². The fourth-order valence-electron chi connectivity index (χ4n) is 1.97. The molecule has 0 aliphatic rings. The fraction of sp³-hybridized carbons (Fsp3) is 0.545. The van der Waals surface area contributed by atoms with Crippen molar-refractivity contribution in [2.45, 2.75) is 32.7 Å². The van der Waals surface area contributed by atoms with Gasteiger partial charge in [-0.1, -0.05) is 13.3 Å². The zero-order valence-corrected chi connectivity index (χ0v) is 10.9. The summed E-state index contributed by atoms with van der Waals surface area (Å²) in [7, 11) is 2.02. The summed E-state index contributed by atoms with van der Waals surface area (Å²) in [5.41, 5.74) is 3.16. The third-order valence-electron chi connectivity index (χ3n) is 3.12. The second-order valence-electron chi connectivity index (χ2n) is 4.40. The monoisotopic (exact) mass is 249 g/mol. The molecule has 2 heterocycles. The number of anilines is 2. The topological polar surface area (TPSA) is 95.8 Å². The Balaban J connectivity index is 2.44. The van der Waals surface area contributed by atoms with Crippen LogP contribution >= 0.6 is 0 Å². The van der Waals surface area contributed by atoms with E-state index < -0.39 is 0 Å². The van der Waals surface area contributed by atoms with Gasteiger partial charge in [-0.2, -0.15) is 15.1 Å². The average Bonchev–Trinajstić information content (AvgIpc) is 2.84. The summed E-state index contributed by atoms with van der Waals surface area (Å²) >= 11 is 0. The van der Waals surface area contributed by atoms with Gasteiger partial charge in [0.1, 0.15) is 5.82 Å². The van der Waals surface area contributed by atoms with Crippen LogP contribution in [0.4, 0.5) is 11.8 Å². The number of nitrogen functional groups attached to an aromatic ring is 1. The Morgan fingerprint density at radius 2 is 2.28 bits per heavy atom. The molecule has 0 aliphatic heterocycles. The standard InChI is InChI=1S/C11H19N7/c1-4-5-7(2)18(3)10-8-6-13-17-9(8)14-11(15-10)16-12/h6-7H,4-5,12H2,1-3H3,(H2,13,14,15,16,17). The minimum atomic E-state index is 0.386. The fourth-order valence-corrected chi connectivity index (χ4v) is 1.97. The molecule has 0 fully saturated rings. The van der Waals surface area contributed by atoms with E-state index in [0.29, 0.717) is 17.6 Å². The highest BCUT2D eigenvalue weighted by Gasteiger charge is 2.16. The van der Waals surface area contributed by atoms with Crippen molar-refractivity contribution in [3.8, 4) is 0 Å². The third kappa shape index (κ3) is 2.21. The van der Waals surface area contributed by atoms with E-state index in [0.717, 1.165) is 24.0 Å². The summed E-state index contributed by atoms with van der Waals surface area (Å²) in [6, 6.07) is 0.397. The van der Waals surface area contributed by atoms with Crippen molar-refractivity contribution in [3.63, 3.8) is 0 Å². The second-order valence-corrected chi connectivity index (χ2v) is 4.40. The normalized spacial score (nSPS) is 12.7. The van der Waals surface area contributed by atoms with Crippen LogP contribution in [0.5, 0.6) is 0 Å². The van der Waals surface area contributed by atoms with Gasteiger partial charge in [0.05, 0.1) is 11.6 Å². The van der Waals surface area contributed by atoms with Gasteiger partial charge in [-0.3, -0.25) is 10.5 Å². The van der Waals surface area contributed by atoms with E-state index in [4.69, 9.17) is 5.84 Å². The molecule has 0 bridgehead atoms. The molecule has 2 aromatic rings. The van der Waals surface area contributed by atoms with Gasteiger partial charge in [0.2, 0.25) is 5.95 Å². The summed E-state index contributed by atoms with van der Waals surface area (Å²) in [5, 5.41) is 7.74. The Kier molecular flexibility index (Phi) is 3.61. The molecule has 2 rings (SSSR count). The number of fused-ring (bicyclic) bond motifs is 1. The molecule has 0 saturated heterocycles. The first kappa shape index (κ1) is 12.6. The number of hydrogen-bond donors (Lipinski definition) is 3. The van der Waals surface area contributed by atoms with Gasteiger partial charge in [-0.05, 0) is 13.3 Å². The number of H-pyrrole nitrogens is 1. The number of nitrogens with zero attached hydrogens (tertiary/aromatic N) is 4. The first-order chi connectivity index (χ1) is 8.67. The zero-order chi connectivity index (χ0) is 13.1. The van der Waals surface area contributed by atoms with Gasteiger partial charge < -0.3 is 4.90 Å². The van der Waals surface area contributed by atoms with E-state index >= 15 is 0 Å². The molecule has 0 radical (unpaired) electrons. The van der Waals surface area contributed by atoms with Crippen molar-refractivity contribution in [3.05, 3.63) is 6.20 Å². The van der Waals surface area contributed by atoms with Gasteiger partial charge in [0.15, 0.2) is 5.65 Å². The third-order valence-corrected chi connectivity index (χ3v) is 3.12. The van der Waals surface area contributed by atoms with Crippen LogP contribution in [0.3, 0.4) is 0 Å². The minimum Gasteiger partial charge on any atom is -0.356 e. The lowest BCUT2D eigenvalue weighted by Gasteiger charge is -2.26. The van der Waals surface area contributed by atoms with Gasteiger partial charge >= 0.3 is 0 Å². The highest BCUT2D eigenvalue weighted by molar-refractivity contribution is 5.87. The SMILES string of the molecule is CCCC(C)N(C)c1nc(NN)nc2[nH]ncc12. The van der Waals surface area contributed by atoms with Crippen molar-refractivity contribution >= 4 is 22.8 Å². The van der Waals surface area contributed by atoms with E-state index in [1.807, 2.05) is 7.05 Å². The number of aromatic nitrogens is 4. The number of hydrazine groups is 1. The van der Waals surface area contributed by atoms with Crippen LogP contribution in [0.2, 0.25) is 0 Å². The minimum absolute atomic E-state index is 0.386. The second kappa shape index (κ2) is 5.18. The molecule has 18 heavy (non-hydrogen) atoms. The summed E-state index contributed by atoms with van der Waals surface area (Å²) in [6.45, 7) is 4.34. The van der Waals surface area contributed by atoms with E-state index in [-0.39, 0.29) is 0 Å². The molecule has 2 aromatic heterocycles. The number of rotatable bonds is 5. The van der Waals surface area contributed by atoms with Crippen molar-refractivity contribution in [1.82, 2.24) is 20.2 Å². The van der Waals surface area contributed by atoms with Crippen molar-refractivity contribution < 1.29 is 0 Å². The van der Waals surface area contributed by atoms with Crippen LogP contribution in [0.1, 0.15) is 26.7 Å². The Bertz CT molecular complexity index is 521. The first-order valence-electron chi connectivity index (χ1n) is 6.08. The maximum Gasteiger partial charge on any atom is 0.241 e. The van der Waals surface area contributed by atoms with Gasteiger partial charge in [-0.25, -0.2) is 5.84 Å². The lowest BCUT2D eigenvalue weighted by Crippen LogP contribution is -2.30. The number of nitrogens with two attached hydrogens (primary N) is 1. The lowest BCUT2D eigenvalue weighted by atomic mass is 10.1. The highest BCUT2D eigenvalue weighted by atomic mass is 15.3. The van der Waals surface area contributed by atoms with Gasteiger partial charge in [0.25, 0.3) is 0 Å². The van der Waals surface area contributed by atoms with Crippen LogP contribution < -0.4 is 16.2 Å². The van der Waals surface area contributed by atoms with Crippen LogP contribution in [0.15, 0.2) is 6.20 Å². The predicted molar refractivity (Wildman–Crippen MR) is 72.3 cm³/mol. The molecule has 0 aromatic carbocycles. The molecule has 7 heteroatoms. The largest absolute Gasteiger partial charge is 0.356 e. The van der Waals surface area contributed by atoms with E-state index in [1.54, 1.807) is 6.20 Å². The quantitative estimate of drug-likeness (QED) is 0.545. The summed E-state index contributed by atoms with van der Waals surface area (Å²) < 4.78 is 0.